The van der Waals surface area contributed by atoms with Gasteiger partial charge < -0.3 is 18.9 Å². The zero-order chi connectivity index (χ0) is 25.6. The fourth-order valence-corrected chi connectivity index (χ4v) is 6.09. The first kappa shape index (κ1) is 25.7. The van der Waals surface area contributed by atoms with E-state index in [2.05, 4.69) is 0 Å². The van der Waals surface area contributed by atoms with E-state index < -0.39 is 41.1 Å². The van der Waals surface area contributed by atoms with Gasteiger partial charge in [0.15, 0.2) is 17.8 Å². The van der Waals surface area contributed by atoms with Crippen LogP contribution in [0, 0.1) is 11.3 Å². The van der Waals surface area contributed by atoms with Gasteiger partial charge in [0.1, 0.15) is 6.10 Å². The number of esters is 3. The van der Waals surface area contributed by atoms with E-state index in [1.807, 2.05) is 34.6 Å². The average molecular weight is 475 g/mol. The lowest BCUT2D eigenvalue weighted by atomic mass is 9.51. The fraction of sp³-hybridized carbons (Fsp3) is 0.615. The molecule has 34 heavy (non-hydrogen) atoms. The first-order valence-electron chi connectivity index (χ1n) is 11.6. The molecule has 4 unspecified atom stereocenters. The maximum atomic E-state index is 12.3. The number of benzene rings is 1. The Bertz CT molecular complexity index is 1020. The van der Waals surface area contributed by atoms with E-state index in [0.717, 1.165) is 6.29 Å². The Morgan fingerprint density at radius 2 is 1.65 bits per heavy atom. The number of carbonyl (C=O) groups excluding carboxylic acids is 4. The SMILES string of the molecule is CC(=O)Oc1c(C(C)C)cc(C=O)c2c1OC(OC(C)=O)C1C(C)(C)CC(OC(C)=O)CC21C. The highest BCUT2D eigenvalue weighted by atomic mass is 16.7. The van der Waals surface area contributed by atoms with Gasteiger partial charge in [-0.05, 0) is 30.2 Å². The third kappa shape index (κ3) is 4.55. The zero-order valence-electron chi connectivity index (χ0n) is 21.1. The molecular formula is C26H34O8. The van der Waals surface area contributed by atoms with Crippen LogP contribution in [0.3, 0.4) is 0 Å². The van der Waals surface area contributed by atoms with E-state index in [-0.39, 0.29) is 23.3 Å². The van der Waals surface area contributed by atoms with Crippen molar-refractivity contribution >= 4 is 24.2 Å². The molecule has 1 aliphatic heterocycles. The number of aldehydes is 1. The van der Waals surface area contributed by atoms with Crippen LogP contribution in [0.15, 0.2) is 6.07 Å². The molecule has 0 saturated heterocycles. The van der Waals surface area contributed by atoms with Crippen LogP contribution in [-0.4, -0.2) is 36.6 Å². The van der Waals surface area contributed by atoms with Gasteiger partial charge in [-0.2, -0.15) is 0 Å². The summed E-state index contributed by atoms with van der Waals surface area (Å²) in [7, 11) is 0. The Hall–Kier alpha value is -2.90. The molecule has 8 heteroatoms. The second kappa shape index (κ2) is 9.04. The quantitative estimate of drug-likeness (QED) is 0.350. The molecular weight excluding hydrogens is 440 g/mol. The summed E-state index contributed by atoms with van der Waals surface area (Å²) in [4.78, 5) is 48.3. The molecule has 1 fully saturated rings. The molecule has 2 aliphatic rings. The van der Waals surface area contributed by atoms with Gasteiger partial charge in [-0.3, -0.25) is 19.2 Å². The van der Waals surface area contributed by atoms with Crippen molar-refractivity contribution in [2.24, 2.45) is 11.3 Å². The van der Waals surface area contributed by atoms with E-state index in [0.29, 0.717) is 29.5 Å². The summed E-state index contributed by atoms with van der Waals surface area (Å²) in [6.45, 7) is 13.8. The topological polar surface area (TPSA) is 105 Å². The van der Waals surface area contributed by atoms with Crippen molar-refractivity contribution < 1.29 is 38.1 Å². The summed E-state index contributed by atoms with van der Waals surface area (Å²) in [6.07, 6.45) is 0.276. The molecule has 0 bridgehead atoms. The Balaban J connectivity index is 2.37. The zero-order valence-corrected chi connectivity index (χ0v) is 21.1. The van der Waals surface area contributed by atoms with Crippen LogP contribution in [0.2, 0.25) is 0 Å². The molecule has 0 amide bonds. The highest BCUT2D eigenvalue weighted by Crippen LogP contribution is 2.62. The van der Waals surface area contributed by atoms with E-state index in [1.165, 1.54) is 20.8 Å². The number of rotatable bonds is 5. The lowest BCUT2D eigenvalue weighted by Crippen LogP contribution is -2.59. The lowest BCUT2D eigenvalue weighted by molar-refractivity contribution is -0.206. The Labute approximate surface area is 200 Å². The molecule has 0 radical (unpaired) electrons. The normalized spacial score (nSPS) is 27.0. The highest BCUT2D eigenvalue weighted by Gasteiger charge is 2.61. The summed E-state index contributed by atoms with van der Waals surface area (Å²) in [5.74, 6) is -1.46. The molecule has 1 aromatic carbocycles. The number of fused-ring (bicyclic) bond motifs is 3. The van der Waals surface area contributed by atoms with Crippen LogP contribution in [0.4, 0.5) is 0 Å². The van der Waals surface area contributed by atoms with Gasteiger partial charge in [-0.15, -0.1) is 0 Å². The predicted octanol–water partition coefficient (Wildman–Crippen LogP) is 4.46. The Kier molecular flexibility index (Phi) is 6.84. The molecule has 186 valence electrons. The van der Waals surface area contributed by atoms with E-state index in [1.54, 1.807) is 6.07 Å². The first-order valence-corrected chi connectivity index (χ1v) is 11.6. The molecule has 4 atom stereocenters. The molecule has 0 spiro atoms. The van der Waals surface area contributed by atoms with E-state index >= 15 is 0 Å². The largest absolute Gasteiger partial charge is 0.463 e. The van der Waals surface area contributed by atoms with Crippen molar-refractivity contribution in [3.63, 3.8) is 0 Å². The van der Waals surface area contributed by atoms with Gasteiger partial charge in [0, 0.05) is 48.8 Å². The smallest absolute Gasteiger partial charge is 0.308 e. The summed E-state index contributed by atoms with van der Waals surface area (Å²) >= 11 is 0. The van der Waals surface area contributed by atoms with Gasteiger partial charge in [0.25, 0.3) is 0 Å². The minimum Gasteiger partial charge on any atom is -0.463 e. The van der Waals surface area contributed by atoms with Gasteiger partial charge in [-0.25, -0.2) is 0 Å². The number of hydrogen-bond donors (Lipinski definition) is 0. The third-order valence-electron chi connectivity index (χ3n) is 6.92. The summed E-state index contributed by atoms with van der Waals surface area (Å²) in [6, 6.07) is 1.73. The van der Waals surface area contributed by atoms with Crippen molar-refractivity contribution in [1.82, 2.24) is 0 Å². The monoisotopic (exact) mass is 474 g/mol. The molecule has 1 aromatic rings. The van der Waals surface area contributed by atoms with Crippen molar-refractivity contribution in [1.29, 1.82) is 0 Å². The van der Waals surface area contributed by atoms with Crippen molar-refractivity contribution in [3.8, 4) is 11.5 Å². The molecule has 1 heterocycles. The number of ether oxygens (including phenoxy) is 4. The maximum Gasteiger partial charge on any atom is 0.308 e. The lowest BCUT2D eigenvalue weighted by Gasteiger charge is -2.57. The van der Waals surface area contributed by atoms with Crippen LogP contribution in [0.25, 0.3) is 0 Å². The summed E-state index contributed by atoms with van der Waals surface area (Å²) in [5.41, 5.74) is 0.315. The average Bonchev–Trinajstić information content (AvgIpc) is 2.65. The Morgan fingerprint density at radius 3 is 2.15 bits per heavy atom. The molecule has 8 nitrogen and oxygen atoms in total. The third-order valence-corrected chi connectivity index (χ3v) is 6.92. The van der Waals surface area contributed by atoms with Crippen molar-refractivity contribution in [3.05, 3.63) is 22.8 Å². The van der Waals surface area contributed by atoms with Crippen LogP contribution < -0.4 is 9.47 Å². The number of hydrogen-bond acceptors (Lipinski definition) is 8. The van der Waals surface area contributed by atoms with Gasteiger partial charge >= 0.3 is 17.9 Å². The molecule has 1 saturated carbocycles. The number of carbonyl (C=O) groups is 4. The maximum absolute atomic E-state index is 12.3. The molecule has 3 rings (SSSR count). The fourth-order valence-electron chi connectivity index (χ4n) is 6.09. The highest BCUT2D eigenvalue weighted by molar-refractivity contribution is 5.84. The molecule has 0 N–H and O–H groups in total. The van der Waals surface area contributed by atoms with E-state index in [4.69, 9.17) is 18.9 Å². The van der Waals surface area contributed by atoms with Gasteiger partial charge in [-0.1, -0.05) is 34.6 Å². The summed E-state index contributed by atoms with van der Waals surface area (Å²) in [5, 5.41) is 0. The van der Waals surface area contributed by atoms with Crippen molar-refractivity contribution in [2.45, 2.75) is 92.0 Å². The van der Waals surface area contributed by atoms with Crippen LogP contribution in [-0.2, 0) is 29.3 Å². The molecule has 0 aromatic heterocycles. The second-order valence-corrected chi connectivity index (χ2v) is 10.6. The Morgan fingerprint density at radius 1 is 1.03 bits per heavy atom. The van der Waals surface area contributed by atoms with Crippen LogP contribution in [0.1, 0.15) is 95.6 Å². The minimum absolute atomic E-state index is 0.0868. The summed E-state index contributed by atoms with van der Waals surface area (Å²) < 4.78 is 23.2. The van der Waals surface area contributed by atoms with Crippen LogP contribution in [0.5, 0.6) is 11.5 Å². The second-order valence-electron chi connectivity index (χ2n) is 10.6. The molecule has 1 aliphatic carbocycles. The standard InChI is InChI=1S/C26H34O8/c1-13(2)19-9-17(12-27)20-22(21(19)32-15(4)29)34-24(33-16(5)30)23-25(6,7)10-18(31-14(3)28)11-26(20,23)8/h9,12-13,18,23-24H,10-11H2,1-8H3. The first-order chi connectivity index (χ1) is 15.7. The predicted molar refractivity (Wildman–Crippen MR) is 123 cm³/mol. The van der Waals surface area contributed by atoms with E-state index in [9.17, 15) is 19.2 Å². The van der Waals surface area contributed by atoms with Gasteiger partial charge in [0.2, 0.25) is 6.29 Å². The minimum atomic E-state index is -0.987. The van der Waals surface area contributed by atoms with Crippen molar-refractivity contribution in [2.75, 3.05) is 0 Å². The van der Waals surface area contributed by atoms with Crippen LogP contribution >= 0.6 is 0 Å². The van der Waals surface area contributed by atoms with Gasteiger partial charge in [0.05, 0.1) is 0 Å².